The van der Waals surface area contributed by atoms with Crippen molar-refractivity contribution in [3.8, 4) is 17.6 Å². The summed E-state index contributed by atoms with van der Waals surface area (Å²) < 4.78 is 10.4. The topological polar surface area (TPSA) is 42.2 Å². The molecule has 0 saturated heterocycles. The van der Waals surface area contributed by atoms with E-state index in [2.05, 4.69) is 26.8 Å². The molecular weight excluding hydrogens is 238 g/mol. The minimum Gasteiger partial charge on any atom is -0.493 e. The predicted octanol–water partition coefficient (Wildman–Crippen LogP) is 3.86. The zero-order chi connectivity index (χ0) is 14.5. The quantitative estimate of drug-likeness (QED) is 0.770. The van der Waals surface area contributed by atoms with Crippen LogP contribution in [0.2, 0.25) is 0 Å². The van der Waals surface area contributed by atoms with Gasteiger partial charge in [0.15, 0.2) is 11.5 Å². The number of nitriles is 1. The summed E-state index contributed by atoms with van der Waals surface area (Å²) in [6.45, 7) is 6.19. The number of allylic oxidation sites excluding steroid dienone is 1. The van der Waals surface area contributed by atoms with Gasteiger partial charge in [0.25, 0.3) is 0 Å². The molecule has 3 nitrogen and oxygen atoms in total. The molecular formula is C16H20NO2. The number of hydrogen-bond acceptors (Lipinski definition) is 3. The Hall–Kier alpha value is -1.95. The molecule has 1 radical (unpaired) electrons. The van der Waals surface area contributed by atoms with Gasteiger partial charge in [0.1, 0.15) is 0 Å². The molecule has 0 bridgehead atoms. The zero-order valence-corrected chi connectivity index (χ0v) is 12.2. The lowest BCUT2D eigenvalue weighted by Gasteiger charge is -2.16. The average molecular weight is 258 g/mol. The number of benzene rings is 1. The van der Waals surface area contributed by atoms with Gasteiger partial charge in [-0.25, -0.2) is 0 Å². The Balaban J connectivity index is 3.06. The van der Waals surface area contributed by atoms with Gasteiger partial charge in [-0.3, -0.25) is 0 Å². The minimum absolute atomic E-state index is 0.0296. The van der Waals surface area contributed by atoms with Crippen molar-refractivity contribution in [3.05, 3.63) is 35.8 Å². The highest BCUT2D eigenvalue weighted by molar-refractivity contribution is 5.63. The maximum absolute atomic E-state index is 9.17. The summed E-state index contributed by atoms with van der Waals surface area (Å²) >= 11 is 0. The first-order valence-corrected chi connectivity index (χ1v) is 6.09. The van der Waals surface area contributed by atoms with E-state index in [-0.39, 0.29) is 5.41 Å². The first-order valence-electron chi connectivity index (χ1n) is 6.09. The van der Waals surface area contributed by atoms with Crippen molar-refractivity contribution in [1.29, 1.82) is 5.26 Å². The van der Waals surface area contributed by atoms with E-state index in [0.717, 1.165) is 5.56 Å². The molecule has 0 unspecified atom stereocenters. The molecule has 0 saturated carbocycles. The molecule has 0 aliphatic heterocycles. The van der Waals surface area contributed by atoms with Crippen LogP contribution in [0.25, 0.3) is 6.08 Å². The molecule has 0 heterocycles. The average Bonchev–Trinajstić information content (AvgIpc) is 2.36. The van der Waals surface area contributed by atoms with Crippen LogP contribution in [0.3, 0.4) is 0 Å². The third kappa shape index (κ3) is 4.67. The Labute approximate surface area is 115 Å². The molecule has 3 heteroatoms. The molecule has 0 amide bonds. The third-order valence-corrected chi connectivity index (χ3v) is 2.45. The summed E-state index contributed by atoms with van der Waals surface area (Å²) in [6.07, 6.45) is 3.79. The standard InChI is InChI=1S/C16H20NO2/c1-16(2,3)10-13(11-17)8-12-6-7-14(18-4)15(9-12)19-5/h6-10H,1-5H3. The van der Waals surface area contributed by atoms with E-state index in [1.165, 1.54) is 0 Å². The summed E-state index contributed by atoms with van der Waals surface area (Å²) in [5.41, 5.74) is 1.52. The Morgan fingerprint density at radius 2 is 1.79 bits per heavy atom. The zero-order valence-electron chi connectivity index (χ0n) is 12.2. The van der Waals surface area contributed by atoms with Crippen molar-refractivity contribution in [2.75, 3.05) is 14.2 Å². The Kier molecular flexibility index (Phi) is 5.00. The van der Waals surface area contributed by atoms with Crippen LogP contribution in [0.4, 0.5) is 0 Å². The summed E-state index contributed by atoms with van der Waals surface area (Å²) in [7, 11) is 3.19. The first kappa shape index (κ1) is 15.1. The molecule has 0 fully saturated rings. The van der Waals surface area contributed by atoms with Crippen molar-refractivity contribution < 1.29 is 9.47 Å². The molecule has 0 aliphatic carbocycles. The SMILES string of the molecule is COc1ccc(C=C(C#N)[CH]C(C)(C)C)cc1OC. The van der Waals surface area contributed by atoms with Crippen molar-refractivity contribution in [1.82, 2.24) is 0 Å². The highest BCUT2D eigenvalue weighted by atomic mass is 16.5. The second kappa shape index (κ2) is 6.29. The normalized spacial score (nSPS) is 11.9. The Morgan fingerprint density at radius 1 is 1.16 bits per heavy atom. The molecule has 0 N–H and O–H groups in total. The smallest absolute Gasteiger partial charge is 0.161 e. The summed E-state index contributed by atoms with van der Waals surface area (Å²) in [5.74, 6) is 1.34. The molecule has 1 rings (SSSR count). The van der Waals surface area contributed by atoms with Crippen LogP contribution < -0.4 is 9.47 Å². The van der Waals surface area contributed by atoms with Gasteiger partial charge in [-0.15, -0.1) is 0 Å². The summed E-state index contributed by atoms with van der Waals surface area (Å²) in [4.78, 5) is 0. The molecule has 1 aromatic carbocycles. The van der Waals surface area contributed by atoms with Gasteiger partial charge >= 0.3 is 0 Å². The number of hydrogen-bond donors (Lipinski definition) is 0. The third-order valence-electron chi connectivity index (χ3n) is 2.45. The molecule has 1 aromatic rings. The van der Waals surface area contributed by atoms with Crippen molar-refractivity contribution in [2.24, 2.45) is 5.41 Å². The van der Waals surface area contributed by atoms with E-state index in [1.807, 2.05) is 30.7 Å². The van der Waals surface area contributed by atoms with Gasteiger partial charge in [0.2, 0.25) is 0 Å². The second-order valence-corrected chi connectivity index (χ2v) is 5.34. The number of rotatable bonds is 4. The van der Waals surface area contributed by atoms with Crippen molar-refractivity contribution in [3.63, 3.8) is 0 Å². The fourth-order valence-electron chi connectivity index (χ4n) is 1.69. The molecule has 0 aromatic heterocycles. The summed E-state index contributed by atoms with van der Waals surface area (Å²) in [5, 5.41) is 9.17. The number of ether oxygens (including phenoxy) is 2. The molecule has 0 aliphatic rings. The minimum atomic E-state index is -0.0296. The lowest BCUT2D eigenvalue weighted by Crippen LogP contribution is -2.06. The number of nitrogens with zero attached hydrogens (tertiary/aromatic N) is 1. The summed E-state index contributed by atoms with van der Waals surface area (Å²) in [6, 6.07) is 7.79. The van der Waals surface area contributed by atoms with Gasteiger partial charge in [0.05, 0.1) is 20.3 Å². The molecule has 0 atom stereocenters. The van der Waals surface area contributed by atoms with Gasteiger partial charge in [-0.2, -0.15) is 5.26 Å². The van der Waals surface area contributed by atoms with E-state index in [4.69, 9.17) is 9.47 Å². The fraction of sp³-hybridized carbons (Fsp3) is 0.375. The highest BCUT2D eigenvalue weighted by Crippen LogP contribution is 2.29. The van der Waals surface area contributed by atoms with Gasteiger partial charge < -0.3 is 9.47 Å². The highest BCUT2D eigenvalue weighted by Gasteiger charge is 2.14. The largest absolute Gasteiger partial charge is 0.493 e. The Morgan fingerprint density at radius 3 is 2.26 bits per heavy atom. The maximum atomic E-state index is 9.17. The lowest BCUT2D eigenvalue weighted by atomic mass is 9.88. The van der Waals surface area contributed by atoms with Crippen LogP contribution in [0, 0.1) is 23.2 Å². The van der Waals surface area contributed by atoms with Crippen LogP contribution >= 0.6 is 0 Å². The van der Waals surface area contributed by atoms with E-state index in [9.17, 15) is 5.26 Å². The maximum Gasteiger partial charge on any atom is 0.161 e. The van der Waals surface area contributed by atoms with E-state index in [0.29, 0.717) is 17.1 Å². The van der Waals surface area contributed by atoms with Crippen molar-refractivity contribution >= 4 is 6.08 Å². The van der Waals surface area contributed by atoms with E-state index >= 15 is 0 Å². The number of methoxy groups -OCH3 is 2. The Bertz CT molecular complexity index is 504. The van der Waals surface area contributed by atoms with Gasteiger partial charge in [0, 0.05) is 12.0 Å². The van der Waals surface area contributed by atoms with E-state index in [1.54, 1.807) is 14.2 Å². The van der Waals surface area contributed by atoms with Crippen LogP contribution in [0.15, 0.2) is 23.8 Å². The van der Waals surface area contributed by atoms with Gasteiger partial charge in [-0.05, 0) is 29.2 Å². The molecule has 101 valence electrons. The molecule has 19 heavy (non-hydrogen) atoms. The predicted molar refractivity (Wildman–Crippen MR) is 76.9 cm³/mol. The molecule has 0 spiro atoms. The first-order chi connectivity index (χ1) is 8.89. The lowest BCUT2D eigenvalue weighted by molar-refractivity contribution is 0.355. The fourth-order valence-corrected chi connectivity index (χ4v) is 1.69. The van der Waals surface area contributed by atoms with E-state index < -0.39 is 0 Å². The van der Waals surface area contributed by atoms with Crippen LogP contribution in [-0.2, 0) is 0 Å². The van der Waals surface area contributed by atoms with Crippen LogP contribution in [0.5, 0.6) is 11.5 Å². The monoisotopic (exact) mass is 258 g/mol. The van der Waals surface area contributed by atoms with Crippen molar-refractivity contribution in [2.45, 2.75) is 20.8 Å². The van der Waals surface area contributed by atoms with Crippen LogP contribution in [0.1, 0.15) is 26.3 Å². The van der Waals surface area contributed by atoms with Crippen LogP contribution in [-0.4, -0.2) is 14.2 Å². The van der Waals surface area contributed by atoms with Gasteiger partial charge in [-0.1, -0.05) is 26.8 Å². The second-order valence-electron chi connectivity index (χ2n) is 5.34.